The maximum Gasteiger partial charge on any atom is 0.227 e. The quantitative estimate of drug-likeness (QED) is 0.916. The summed E-state index contributed by atoms with van der Waals surface area (Å²) in [6.45, 7) is 7.15. The summed E-state index contributed by atoms with van der Waals surface area (Å²) in [6, 6.07) is 13.4. The Kier molecular flexibility index (Phi) is 4.34. The number of piperazine rings is 1. The number of hydrogen-bond acceptors (Lipinski definition) is 5. The first-order valence-corrected chi connectivity index (χ1v) is 8.90. The second-order valence-electron chi connectivity index (χ2n) is 6.86. The lowest BCUT2D eigenvalue weighted by Crippen LogP contribution is -2.46. The summed E-state index contributed by atoms with van der Waals surface area (Å²) in [4.78, 5) is 14.2. The Labute approximate surface area is 143 Å². The molecule has 5 heteroatoms. The maximum absolute atomic E-state index is 4.73. The summed E-state index contributed by atoms with van der Waals surface area (Å²) in [7, 11) is 0. The van der Waals surface area contributed by atoms with Crippen LogP contribution in [0.3, 0.4) is 0 Å². The van der Waals surface area contributed by atoms with Crippen LogP contribution in [-0.2, 0) is 6.54 Å². The highest BCUT2D eigenvalue weighted by Gasteiger charge is 2.23. The lowest BCUT2D eigenvalue weighted by molar-refractivity contribution is 0.248. The van der Waals surface area contributed by atoms with Gasteiger partial charge in [0.1, 0.15) is 5.82 Å². The molecule has 0 bridgehead atoms. The predicted molar refractivity (Wildman–Crippen MR) is 97.3 cm³/mol. The Balaban J connectivity index is 1.37. The predicted octanol–water partition coefficient (Wildman–Crippen LogP) is 2.68. The van der Waals surface area contributed by atoms with E-state index in [-0.39, 0.29) is 0 Å². The van der Waals surface area contributed by atoms with Crippen molar-refractivity contribution in [2.45, 2.75) is 32.4 Å². The van der Waals surface area contributed by atoms with Gasteiger partial charge in [0.25, 0.3) is 0 Å². The zero-order valence-electron chi connectivity index (χ0n) is 14.3. The molecule has 0 spiro atoms. The zero-order valence-corrected chi connectivity index (χ0v) is 14.3. The van der Waals surface area contributed by atoms with Crippen LogP contribution < -0.4 is 10.2 Å². The van der Waals surface area contributed by atoms with E-state index < -0.39 is 0 Å². The minimum absolute atomic E-state index is 0.620. The molecule has 2 fully saturated rings. The molecular weight excluding hydrogens is 298 g/mol. The van der Waals surface area contributed by atoms with Gasteiger partial charge in [-0.2, -0.15) is 4.98 Å². The number of anilines is 2. The van der Waals surface area contributed by atoms with Crippen LogP contribution in [-0.4, -0.2) is 47.1 Å². The molecule has 1 aliphatic carbocycles. The minimum atomic E-state index is 0.620. The van der Waals surface area contributed by atoms with E-state index in [1.54, 1.807) is 0 Å². The number of aryl methyl sites for hydroxylation is 1. The van der Waals surface area contributed by atoms with E-state index in [1.807, 2.05) is 6.07 Å². The number of nitrogens with zero attached hydrogens (tertiary/aromatic N) is 4. The van der Waals surface area contributed by atoms with Crippen molar-refractivity contribution in [3.8, 4) is 0 Å². The number of benzene rings is 1. The van der Waals surface area contributed by atoms with Gasteiger partial charge >= 0.3 is 0 Å². The molecule has 24 heavy (non-hydrogen) atoms. The van der Waals surface area contributed by atoms with Crippen LogP contribution in [0.25, 0.3) is 0 Å². The largest absolute Gasteiger partial charge is 0.367 e. The summed E-state index contributed by atoms with van der Waals surface area (Å²) < 4.78 is 0. The number of aromatic nitrogens is 2. The summed E-state index contributed by atoms with van der Waals surface area (Å²) in [5, 5.41) is 3.49. The van der Waals surface area contributed by atoms with E-state index >= 15 is 0 Å². The molecule has 2 heterocycles. The van der Waals surface area contributed by atoms with Crippen molar-refractivity contribution in [1.82, 2.24) is 14.9 Å². The van der Waals surface area contributed by atoms with Crippen LogP contribution in [0.2, 0.25) is 0 Å². The highest BCUT2D eigenvalue weighted by Crippen LogP contribution is 2.25. The van der Waals surface area contributed by atoms with Gasteiger partial charge in [0.05, 0.1) is 0 Å². The molecule has 1 aliphatic heterocycles. The maximum atomic E-state index is 4.73. The van der Waals surface area contributed by atoms with Gasteiger partial charge in [-0.15, -0.1) is 0 Å². The van der Waals surface area contributed by atoms with Crippen molar-refractivity contribution in [3.63, 3.8) is 0 Å². The van der Waals surface area contributed by atoms with Crippen molar-refractivity contribution >= 4 is 11.8 Å². The molecule has 5 nitrogen and oxygen atoms in total. The zero-order chi connectivity index (χ0) is 16.4. The van der Waals surface area contributed by atoms with Gasteiger partial charge in [0, 0.05) is 50.5 Å². The Morgan fingerprint density at radius 2 is 1.79 bits per heavy atom. The Bertz CT molecular complexity index is 675. The molecule has 1 aromatic heterocycles. The fourth-order valence-electron chi connectivity index (χ4n) is 3.15. The van der Waals surface area contributed by atoms with Crippen LogP contribution in [0.5, 0.6) is 0 Å². The average molecular weight is 323 g/mol. The summed E-state index contributed by atoms with van der Waals surface area (Å²) >= 11 is 0. The Morgan fingerprint density at radius 1 is 1.04 bits per heavy atom. The normalized spacial score (nSPS) is 18.6. The van der Waals surface area contributed by atoms with Gasteiger partial charge in [0.15, 0.2) is 0 Å². The van der Waals surface area contributed by atoms with Crippen LogP contribution in [0.4, 0.5) is 11.8 Å². The van der Waals surface area contributed by atoms with Gasteiger partial charge in [-0.25, -0.2) is 4.98 Å². The Morgan fingerprint density at radius 3 is 2.50 bits per heavy atom. The van der Waals surface area contributed by atoms with Crippen molar-refractivity contribution in [2.75, 3.05) is 36.4 Å². The highest BCUT2D eigenvalue weighted by atomic mass is 15.3. The average Bonchev–Trinajstić information content (AvgIpc) is 3.40. The van der Waals surface area contributed by atoms with Crippen LogP contribution in [0.1, 0.15) is 24.1 Å². The van der Waals surface area contributed by atoms with E-state index in [9.17, 15) is 0 Å². The van der Waals surface area contributed by atoms with Gasteiger partial charge in [-0.3, -0.25) is 4.90 Å². The van der Waals surface area contributed by atoms with Crippen molar-refractivity contribution < 1.29 is 0 Å². The summed E-state index contributed by atoms with van der Waals surface area (Å²) in [6.07, 6.45) is 2.52. The first-order valence-electron chi connectivity index (χ1n) is 8.90. The molecule has 2 aromatic rings. The third kappa shape index (κ3) is 3.85. The molecule has 1 aromatic carbocycles. The molecule has 0 unspecified atom stereocenters. The molecule has 4 rings (SSSR count). The standard InChI is InChI=1S/C19H25N5/c1-15-13-18(21-17-7-8-17)22-19(20-15)24-11-9-23(10-12-24)14-16-5-3-2-4-6-16/h2-6,13,17H,7-12,14H2,1H3,(H,20,21,22). The monoisotopic (exact) mass is 323 g/mol. The molecule has 0 amide bonds. The summed E-state index contributed by atoms with van der Waals surface area (Å²) in [5.41, 5.74) is 2.42. The minimum Gasteiger partial charge on any atom is -0.367 e. The second-order valence-corrected chi connectivity index (χ2v) is 6.86. The van der Waals surface area contributed by atoms with Crippen LogP contribution >= 0.6 is 0 Å². The molecule has 1 saturated carbocycles. The second kappa shape index (κ2) is 6.77. The fourth-order valence-corrected chi connectivity index (χ4v) is 3.15. The SMILES string of the molecule is Cc1cc(NC2CC2)nc(N2CCN(Cc3ccccc3)CC2)n1. The Hall–Kier alpha value is -2.14. The third-order valence-corrected chi connectivity index (χ3v) is 4.68. The van der Waals surface area contributed by atoms with Gasteiger partial charge in [-0.1, -0.05) is 30.3 Å². The molecular formula is C19H25N5. The molecule has 0 atom stereocenters. The van der Waals surface area contributed by atoms with E-state index in [4.69, 9.17) is 4.98 Å². The highest BCUT2D eigenvalue weighted by molar-refractivity contribution is 5.45. The van der Waals surface area contributed by atoms with Gasteiger partial charge in [-0.05, 0) is 25.3 Å². The first kappa shape index (κ1) is 15.4. The van der Waals surface area contributed by atoms with Crippen molar-refractivity contribution in [2.24, 2.45) is 0 Å². The van der Waals surface area contributed by atoms with Gasteiger partial charge in [0.2, 0.25) is 5.95 Å². The van der Waals surface area contributed by atoms with E-state index in [1.165, 1.54) is 18.4 Å². The molecule has 1 saturated heterocycles. The van der Waals surface area contributed by atoms with Crippen LogP contribution in [0.15, 0.2) is 36.4 Å². The van der Waals surface area contributed by atoms with Gasteiger partial charge < -0.3 is 10.2 Å². The van der Waals surface area contributed by atoms with Crippen molar-refractivity contribution in [3.05, 3.63) is 47.7 Å². The molecule has 2 aliphatic rings. The van der Waals surface area contributed by atoms with E-state index in [0.29, 0.717) is 6.04 Å². The number of hydrogen-bond donors (Lipinski definition) is 1. The smallest absolute Gasteiger partial charge is 0.227 e. The van der Waals surface area contributed by atoms with Crippen LogP contribution in [0, 0.1) is 6.92 Å². The number of nitrogens with one attached hydrogen (secondary N) is 1. The first-order chi connectivity index (χ1) is 11.8. The summed E-state index contributed by atoms with van der Waals surface area (Å²) in [5.74, 6) is 1.85. The molecule has 1 N–H and O–H groups in total. The van der Waals surface area contributed by atoms with Crippen molar-refractivity contribution in [1.29, 1.82) is 0 Å². The molecule has 0 radical (unpaired) electrons. The van der Waals surface area contributed by atoms with E-state index in [0.717, 1.165) is 50.2 Å². The topological polar surface area (TPSA) is 44.3 Å². The van der Waals surface area contributed by atoms with E-state index in [2.05, 4.69) is 57.4 Å². The third-order valence-electron chi connectivity index (χ3n) is 4.68. The lowest BCUT2D eigenvalue weighted by Gasteiger charge is -2.35. The molecule has 126 valence electrons. The lowest BCUT2D eigenvalue weighted by atomic mass is 10.2. The fraction of sp³-hybridized carbons (Fsp3) is 0.474. The number of rotatable bonds is 5.